The summed E-state index contributed by atoms with van der Waals surface area (Å²) in [6.07, 6.45) is -2.86. The van der Waals surface area contributed by atoms with Gasteiger partial charge in [0.1, 0.15) is 0 Å². The molecule has 0 radical (unpaired) electrons. The van der Waals surface area contributed by atoms with Gasteiger partial charge in [0.25, 0.3) is 0 Å². The molecule has 0 aliphatic rings. The van der Waals surface area contributed by atoms with Crippen LogP contribution in [0.1, 0.15) is 0 Å². The SMILES string of the molecule is FC(F)=C(F)C(F)(Cl)Cl. The van der Waals surface area contributed by atoms with Gasteiger partial charge in [-0.3, -0.25) is 0 Å². The zero-order valence-electron chi connectivity index (χ0n) is 3.77. The smallest absolute Gasteiger partial charge is 0.200 e. The summed E-state index contributed by atoms with van der Waals surface area (Å²) in [5.41, 5.74) is 0. The van der Waals surface area contributed by atoms with Crippen molar-refractivity contribution in [2.24, 2.45) is 0 Å². The molecular weight excluding hydrogens is 183 g/mol. The van der Waals surface area contributed by atoms with Crippen LogP contribution in [0.5, 0.6) is 0 Å². The van der Waals surface area contributed by atoms with Crippen LogP contribution in [-0.4, -0.2) is 4.59 Å². The second kappa shape index (κ2) is 2.75. The lowest BCUT2D eigenvalue weighted by Gasteiger charge is -2.02. The van der Waals surface area contributed by atoms with E-state index >= 15 is 0 Å². The summed E-state index contributed by atoms with van der Waals surface area (Å²) < 4.78 is 41.6. The molecule has 6 heteroatoms. The second-order valence-electron chi connectivity index (χ2n) is 1.07. The highest BCUT2D eigenvalue weighted by molar-refractivity contribution is 6.48. The van der Waals surface area contributed by atoms with Crippen LogP contribution >= 0.6 is 23.2 Å². The maximum absolute atomic E-state index is 11.7. The van der Waals surface area contributed by atoms with Crippen molar-refractivity contribution in [3.05, 3.63) is 11.9 Å². The number of halogens is 6. The monoisotopic (exact) mass is 182 g/mol. The number of rotatable bonds is 1. The van der Waals surface area contributed by atoms with Crippen molar-refractivity contribution in [2.45, 2.75) is 4.59 Å². The normalized spacial score (nSPS) is 11.3. The predicted octanol–water partition coefficient (Wildman–Crippen LogP) is 3.16. The van der Waals surface area contributed by atoms with Gasteiger partial charge in [-0.15, -0.1) is 0 Å². The molecule has 0 aliphatic carbocycles. The maximum atomic E-state index is 11.7. The van der Waals surface area contributed by atoms with E-state index in [0.717, 1.165) is 0 Å². The zero-order chi connectivity index (χ0) is 7.65. The first-order chi connectivity index (χ1) is 3.85. The topological polar surface area (TPSA) is 0 Å². The van der Waals surface area contributed by atoms with Crippen LogP contribution in [0.4, 0.5) is 17.6 Å². The first-order valence-corrected chi connectivity index (χ1v) is 2.39. The van der Waals surface area contributed by atoms with Crippen LogP contribution in [-0.2, 0) is 0 Å². The van der Waals surface area contributed by atoms with E-state index < -0.39 is 16.5 Å². The van der Waals surface area contributed by atoms with Gasteiger partial charge in [0, 0.05) is 0 Å². The summed E-state index contributed by atoms with van der Waals surface area (Å²) in [7, 11) is 0. The Morgan fingerprint density at radius 1 is 1.11 bits per heavy atom. The van der Waals surface area contributed by atoms with Gasteiger partial charge < -0.3 is 0 Å². The summed E-state index contributed by atoms with van der Waals surface area (Å²) in [6, 6.07) is 0. The van der Waals surface area contributed by atoms with Crippen molar-refractivity contribution in [3.8, 4) is 0 Å². The van der Waals surface area contributed by atoms with Crippen molar-refractivity contribution in [1.82, 2.24) is 0 Å². The van der Waals surface area contributed by atoms with Gasteiger partial charge in [-0.1, -0.05) is 23.2 Å². The first kappa shape index (κ1) is 9.04. The number of allylic oxidation sites excluding steroid dienone is 1. The molecule has 0 aromatic carbocycles. The molecule has 54 valence electrons. The van der Waals surface area contributed by atoms with Gasteiger partial charge in [-0.2, -0.15) is 17.6 Å². The van der Waals surface area contributed by atoms with Crippen LogP contribution in [0.3, 0.4) is 0 Å². The van der Waals surface area contributed by atoms with E-state index in [2.05, 4.69) is 23.2 Å². The molecule has 0 N–H and O–H groups in total. The average Bonchev–Trinajstić information content (AvgIpc) is 1.62. The molecule has 0 heterocycles. The van der Waals surface area contributed by atoms with E-state index in [0.29, 0.717) is 0 Å². The summed E-state index contributed by atoms with van der Waals surface area (Å²) >= 11 is 8.53. The fraction of sp³-hybridized carbons (Fsp3) is 0.333. The van der Waals surface area contributed by atoms with Gasteiger partial charge in [-0.05, 0) is 0 Å². The Labute approximate surface area is 58.0 Å². The molecule has 0 spiro atoms. The molecule has 0 fully saturated rings. The van der Waals surface area contributed by atoms with Crippen LogP contribution < -0.4 is 0 Å². The molecule has 0 rings (SSSR count). The van der Waals surface area contributed by atoms with Gasteiger partial charge in [0.05, 0.1) is 0 Å². The quantitative estimate of drug-likeness (QED) is 0.432. The van der Waals surface area contributed by atoms with Crippen LogP contribution in [0.15, 0.2) is 11.9 Å². The molecule has 9 heavy (non-hydrogen) atoms. The van der Waals surface area contributed by atoms with Gasteiger partial charge in [-0.25, -0.2) is 0 Å². The van der Waals surface area contributed by atoms with E-state index in [1.807, 2.05) is 0 Å². The minimum absolute atomic E-state index is 2.47. The number of alkyl halides is 3. The average molecular weight is 183 g/mol. The van der Waals surface area contributed by atoms with E-state index in [4.69, 9.17) is 0 Å². The molecule has 0 aliphatic heterocycles. The molecule has 0 bridgehead atoms. The predicted molar refractivity (Wildman–Crippen MR) is 25.9 cm³/mol. The molecule has 0 nitrogen and oxygen atoms in total. The molecule has 0 unspecified atom stereocenters. The Morgan fingerprint density at radius 2 is 1.44 bits per heavy atom. The van der Waals surface area contributed by atoms with Crippen LogP contribution in [0.2, 0.25) is 0 Å². The van der Waals surface area contributed by atoms with Crippen molar-refractivity contribution >= 4 is 23.2 Å². The summed E-state index contributed by atoms with van der Waals surface area (Å²) in [5.74, 6) is -2.47. The lowest BCUT2D eigenvalue weighted by atomic mass is 10.6. The zero-order valence-corrected chi connectivity index (χ0v) is 5.28. The first-order valence-electron chi connectivity index (χ1n) is 1.63. The van der Waals surface area contributed by atoms with Gasteiger partial charge >= 0.3 is 10.7 Å². The molecule has 0 amide bonds. The van der Waals surface area contributed by atoms with Crippen LogP contribution in [0.25, 0.3) is 0 Å². The molecule has 0 aromatic rings. The Balaban J connectivity index is 4.40. The summed E-state index contributed by atoms with van der Waals surface area (Å²) in [5, 5.41) is 0. The van der Waals surface area contributed by atoms with E-state index in [-0.39, 0.29) is 0 Å². The second-order valence-corrected chi connectivity index (χ2v) is 2.31. The largest absolute Gasteiger partial charge is 0.314 e. The van der Waals surface area contributed by atoms with Crippen molar-refractivity contribution < 1.29 is 17.6 Å². The van der Waals surface area contributed by atoms with Crippen molar-refractivity contribution in [3.63, 3.8) is 0 Å². The van der Waals surface area contributed by atoms with Gasteiger partial charge in [0.15, 0.2) is 0 Å². The fourth-order valence-electron chi connectivity index (χ4n) is 0.107. The van der Waals surface area contributed by atoms with Crippen molar-refractivity contribution in [2.75, 3.05) is 0 Å². The third-order valence-electron chi connectivity index (χ3n) is 0.415. The highest BCUT2D eigenvalue weighted by Crippen LogP contribution is 2.35. The highest BCUT2D eigenvalue weighted by Gasteiger charge is 2.33. The molecule has 0 aromatic heterocycles. The Kier molecular flexibility index (Phi) is 2.76. The number of hydrogen-bond acceptors (Lipinski definition) is 0. The molecule has 0 atom stereocenters. The lowest BCUT2D eigenvalue weighted by molar-refractivity contribution is 0.310. The lowest BCUT2D eigenvalue weighted by Crippen LogP contribution is -2.04. The Morgan fingerprint density at radius 3 is 1.44 bits per heavy atom. The Hall–Kier alpha value is 0.0400. The van der Waals surface area contributed by atoms with Crippen LogP contribution in [0, 0.1) is 0 Å². The standard InChI is InChI=1S/C3Cl2F4/c4-3(5,9)1(6)2(7)8. The summed E-state index contributed by atoms with van der Waals surface area (Å²) in [4.78, 5) is 0. The van der Waals surface area contributed by atoms with E-state index in [1.165, 1.54) is 0 Å². The van der Waals surface area contributed by atoms with E-state index in [1.54, 1.807) is 0 Å². The molecule has 0 saturated heterocycles. The Bertz CT molecular complexity index is 131. The van der Waals surface area contributed by atoms with Crippen molar-refractivity contribution in [1.29, 1.82) is 0 Å². The van der Waals surface area contributed by atoms with Gasteiger partial charge in [0.2, 0.25) is 5.83 Å². The third-order valence-corrected chi connectivity index (χ3v) is 0.747. The third kappa shape index (κ3) is 2.91. The fourth-order valence-corrected chi connectivity index (χ4v) is 0.250. The molecular formula is C3Cl2F4. The number of hydrogen-bond donors (Lipinski definition) is 0. The van der Waals surface area contributed by atoms with E-state index in [9.17, 15) is 17.6 Å². The maximum Gasteiger partial charge on any atom is 0.314 e. The summed E-state index contributed by atoms with van der Waals surface area (Å²) in [6.45, 7) is 0. The molecule has 0 saturated carbocycles. The minimum atomic E-state index is -3.61. The highest BCUT2D eigenvalue weighted by atomic mass is 35.5. The minimum Gasteiger partial charge on any atom is -0.200 e.